The largest absolute Gasteiger partial charge is 0.478 e. The maximum absolute atomic E-state index is 12.0. The predicted octanol–water partition coefficient (Wildman–Crippen LogP) is 5.06. The smallest absolute Gasteiger partial charge is 0.335 e. The molecule has 126 valence electrons. The van der Waals surface area contributed by atoms with E-state index in [4.69, 9.17) is 5.11 Å². The van der Waals surface area contributed by atoms with E-state index in [9.17, 15) is 9.59 Å². The van der Waals surface area contributed by atoms with Crippen molar-refractivity contribution in [3.05, 3.63) is 29.8 Å². The predicted molar refractivity (Wildman–Crippen MR) is 93.3 cm³/mol. The van der Waals surface area contributed by atoms with Gasteiger partial charge in [-0.1, -0.05) is 55.4 Å². The van der Waals surface area contributed by atoms with E-state index < -0.39 is 5.97 Å². The molecule has 1 unspecified atom stereocenters. The van der Waals surface area contributed by atoms with E-state index in [0.717, 1.165) is 0 Å². The Labute approximate surface area is 134 Å². The molecule has 1 aromatic rings. The summed E-state index contributed by atoms with van der Waals surface area (Å²) in [5.74, 6) is -1.17. The lowest BCUT2D eigenvalue weighted by Crippen LogP contribution is -2.30. The molecule has 1 aromatic carbocycles. The Hall–Kier alpha value is -1.84. The van der Waals surface area contributed by atoms with Gasteiger partial charge in [-0.3, -0.25) is 4.79 Å². The average molecular weight is 309 g/mol. The highest BCUT2D eigenvalue weighted by molar-refractivity contribution is 5.93. The van der Waals surface area contributed by atoms with Crippen LogP contribution in [-0.4, -0.2) is 17.0 Å². The molecule has 4 nitrogen and oxygen atoms in total. The molecule has 0 saturated heterocycles. The minimum absolute atomic E-state index is 0.0643. The summed E-state index contributed by atoms with van der Waals surface area (Å²) < 4.78 is 0. The SMILES string of the molecule is CC.CC.CC(C(=O)Nc1ccc(C(=O)O)cc1)C(C)(C)C. The lowest BCUT2D eigenvalue weighted by Gasteiger charge is -2.26. The molecule has 1 atom stereocenters. The third-order valence-corrected chi connectivity index (χ3v) is 3.09. The summed E-state index contributed by atoms with van der Waals surface area (Å²) in [5, 5.41) is 11.5. The van der Waals surface area contributed by atoms with Crippen LogP contribution in [0.25, 0.3) is 0 Å². The van der Waals surface area contributed by atoms with E-state index in [1.54, 1.807) is 12.1 Å². The number of benzene rings is 1. The molecule has 0 spiro atoms. The minimum Gasteiger partial charge on any atom is -0.478 e. The van der Waals surface area contributed by atoms with Gasteiger partial charge in [0.2, 0.25) is 5.91 Å². The number of hydrogen-bond acceptors (Lipinski definition) is 2. The van der Waals surface area contributed by atoms with Gasteiger partial charge in [-0.15, -0.1) is 0 Å². The fourth-order valence-corrected chi connectivity index (χ4v) is 1.34. The fourth-order valence-electron chi connectivity index (χ4n) is 1.34. The molecular formula is C18H31NO3. The van der Waals surface area contributed by atoms with E-state index in [1.165, 1.54) is 12.1 Å². The standard InChI is InChI=1S/C14H19NO3.2C2H6/c1-9(14(2,3)4)12(16)15-11-7-5-10(6-8-11)13(17)18;2*1-2/h5-9H,1-4H3,(H,15,16)(H,17,18);2*1-2H3. The van der Waals surface area contributed by atoms with Crippen LogP contribution in [0.3, 0.4) is 0 Å². The molecule has 1 amide bonds. The summed E-state index contributed by atoms with van der Waals surface area (Å²) in [6, 6.07) is 6.13. The van der Waals surface area contributed by atoms with Crippen LogP contribution in [0.2, 0.25) is 0 Å². The van der Waals surface area contributed by atoms with Crippen molar-refractivity contribution >= 4 is 17.6 Å². The average Bonchev–Trinajstić information content (AvgIpc) is 2.50. The lowest BCUT2D eigenvalue weighted by molar-refractivity contribution is -0.122. The van der Waals surface area contributed by atoms with E-state index in [2.05, 4.69) is 5.32 Å². The maximum atomic E-state index is 12.0. The van der Waals surface area contributed by atoms with Crippen LogP contribution in [0.15, 0.2) is 24.3 Å². The summed E-state index contributed by atoms with van der Waals surface area (Å²) in [6.45, 7) is 15.9. The summed E-state index contributed by atoms with van der Waals surface area (Å²) in [4.78, 5) is 22.6. The second-order valence-electron chi connectivity index (χ2n) is 5.46. The Kier molecular flexibility index (Phi) is 11.0. The van der Waals surface area contributed by atoms with Gasteiger partial charge in [0.05, 0.1) is 5.56 Å². The van der Waals surface area contributed by atoms with Crippen molar-refractivity contribution in [1.82, 2.24) is 0 Å². The second-order valence-corrected chi connectivity index (χ2v) is 5.46. The van der Waals surface area contributed by atoms with Crippen molar-refractivity contribution in [1.29, 1.82) is 0 Å². The number of carbonyl (C=O) groups excluding carboxylic acids is 1. The van der Waals surface area contributed by atoms with Gasteiger partial charge < -0.3 is 10.4 Å². The third kappa shape index (κ3) is 7.81. The number of carbonyl (C=O) groups is 2. The molecule has 0 aliphatic rings. The van der Waals surface area contributed by atoms with Crippen LogP contribution >= 0.6 is 0 Å². The zero-order chi connectivity index (χ0) is 17.9. The van der Waals surface area contributed by atoms with Crippen LogP contribution in [0, 0.1) is 11.3 Å². The number of rotatable bonds is 3. The Morgan fingerprint density at radius 1 is 1.00 bits per heavy atom. The Bertz CT molecular complexity index is 444. The van der Waals surface area contributed by atoms with Gasteiger partial charge in [-0.2, -0.15) is 0 Å². The normalized spacial score (nSPS) is 11.1. The van der Waals surface area contributed by atoms with Crippen molar-refractivity contribution in [3.63, 3.8) is 0 Å². The number of nitrogens with one attached hydrogen (secondary N) is 1. The first-order valence-electron chi connectivity index (χ1n) is 7.86. The van der Waals surface area contributed by atoms with Gasteiger partial charge in [0.1, 0.15) is 0 Å². The van der Waals surface area contributed by atoms with Crippen LogP contribution in [0.4, 0.5) is 5.69 Å². The lowest BCUT2D eigenvalue weighted by atomic mass is 9.81. The molecule has 2 N–H and O–H groups in total. The van der Waals surface area contributed by atoms with Gasteiger partial charge in [-0.05, 0) is 29.7 Å². The highest BCUT2D eigenvalue weighted by Gasteiger charge is 2.26. The number of anilines is 1. The first-order valence-corrected chi connectivity index (χ1v) is 7.86. The Morgan fingerprint density at radius 3 is 1.73 bits per heavy atom. The first-order chi connectivity index (χ1) is 10.2. The number of amides is 1. The van der Waals surface area contributed by atoms with Crippen LogP contribution in [0.1, 0.15) is 65.7 Å². The van der Waals surface area contributed by atoms with Crippen LogP contribution in [0.5, 0.6) is 0 Å². The highest BCUT2D eigenvalue weighted by Crippen LogP contribution is 2.26. The molecule has 0 fully saturated rings. The quantitative estimate of drug-likeness (QED) is 0.820. The monoisotopic (exact) mass is 309 g/mol. The summed E-state index contributed by atoms with van der Waals surface area (Å²) in [5.41, 5.74) is 0.712. The number of hydrogen-bond donors (Lipinski definition) is 2. The second kappa shape index (κ2) is 10.8. The molecule has 0 saturated carbocycles. The summed E-state index contributed by atoms with van der Waals surface area (Å²) in [6.07, 6.45) is 0. The highest BCUT2D eigenvalue weighted by atomic mass is 16.4. The number of carboxylic acid groups (broad SMARTS) is 1. The summed E-state index contributed by atoms with van der Waals surface area (Å²) in [7, 11) is 0. The van der Waals surface area contributed by atoms with Gasteiger partial charge >= 0.3 is 5.97 Å². The molecule has 4 heteroatoms. The van der Waals surface area contributed by atoms with Crippen molar-refractivity contribution in [2.45, 2.75) is 55.4 Å². The summed E-state index contributed by atoms with van der Waals surface area (Å²) >= 11 is 0. The number of aromatic carboxylic acids is 1. The molecule has 0 bridgehead atoms. The van der Waals surface area contributed by atoms with Crippen molar-refractivity contribution in [2.75, 3.05) is 5.32 Å². The molecule has 0 heterocycles. The Balaban J connectivity index is 0. The number of carboxylic acids is 1. The molecule has 0 aromatic heterocycles. The zero-order valence-electron chi connectivity index (χ0n) is 15.2. The topological polar surface area (TPSA) is 66.4 Å². The molecule has 0 aliphatic heterocycles. The van der Waals surface area contributed by atoms with Crippen molar-refractivity contribution in [3.8, 4) is 0 Å². The molecular weight excluding hydrogens is 278 g/mol. The van der Waals surface area contributed by atoms with Crippen molar-refractivity contribution < 1.29 is 14.7 Å². The van der Waals surface area contributed by atoms with Crippen LogP contribution in [-0.2, 0) is 4.79 Å². The van der Waals surface area contributed by atoms with E-state index >= 15 is 0 Å². The fraction of sp³-hybridized carbons (Fsp3) is 0.556. The van der Waals surface area contributed by atoms with Gasteiger partial charge in [0.15, 0.2) is 0 Å². The first kappa shape index (κ1) is 22.4. The van der Waals surface area contributed by atoms with E-state index in [1.807, 2.05) is 55.4 Å². The molecule has 1 rings (SSSR count). The van der Waals surface area contributed by atoms with Gasteiger partial charge in [0.25, 0.3) is 0 Å². The zero-order valence-corrected chi connectivity index (χ0v) is 15.2. The van der Waals surface area contributed by atoms with E-state index in [0.29, 0.717) is 5.69 Å². The van der Waals surface area contributed by atoms with Gasteiger partial charge in [0, 0.05) is 11.6 Å². The van der Waals surface area contributed by atoms with E-state index in [-0.39, 0.29) is 22.8 Å². The molecule has 0 aliphatic carbocycles. The third-order valence-electron chi connectivity index (χ3n) is 3.09. The van der Waals surface area contributed by atoms with Crippen LogP contribution < -0.4 is 5.32 Å². The minimum atomic E-state index is -0.976. The molecule has 22 heavy (non-hydrogen) atoms. The Morgan fingerprint density at radius 2 is 1.41 bits per heavy atom. The molecule has 0 radical (unpaired) electrons. The maximum Gasteiger partial charge on any atom is 0.335 e. The van der Waals surface area contributed by atoms with Crippen molar-refractivity contribution in [2.24, 2.45) is 11.3 Å². The van der Waals surface area contributed by atoms with Gasteiger partial charge in [-0.25, -0.2) is 4.79 Å².